The molecule has 1 aromatic rings. The molecule has 2 fully saturated rings. The first-order valence-electron chi connectivity index (χ1n) is 10.3. The molecule has 2 heterocycles. The lowest BCUT2D eigenvalue weighted by molar-refractivity contribution is -0.143. The molecule has 0 radical (unpaired) electrons. The maximum absolute atomic E-state index is 13.1. The monoisotopic (exact) mass is 371 g/mol. The maximum Gasteiger partial charge on any atom is 0.225 e. The lowest BCUT2D eigenvalue weighted by atomic mass is 9.83. The van der Waals surface area contributed by atoms with Crippen molar-refractivity contribution in [2.45, 2.75) is 45.6 Å². The fraction of sp³-hybridized carbons (Fsp3) is 0.636. The number of hydrogen-bond acceptors (Lipinski definition) is 3. The lowest BCUT2D eigenvalue weighted by Gasteiger charge is -2.40. The fourth-order valence-corrected chi connectivity index (χ4v) is 4.42. The van der Waals surface area contributed by atoms with Crippen LogP contribution in [0.2, 0.25) is 0 Å². The summed E-state index contributed by atoms with van der Waals surface area (Å²) in [5.74, 6) is 0.653. The molecule has 5 heteroatoms. The van der Waals surface area contributed by atoms with Gasteiger partial charge in [0.05, 0.1) is 12.0 Å². The first-order valence-corrected chi connectivity index (χ1v) is 10.3. The molecule has 0 spiro atoms. The van der Waals surface area contributed by atoms with E-state index in [1.807, 2.05) is 11.8 Å². The molecule has 0 aliphatic carbocycles. The zero-order chi connectivity index (χ0) is 19.4. The largest absolute Gasteiger partial charge is 0.356 e. The molecule has 1 N–H and O–H groups in total. The smallest absolute Gasteiger partial charge is 0.225 e. The van der Waals surface area contributed by atoms with E-state index in [1.54, 1.807) is 0 Å². The van der Waals surface area contributed by atoms with Gasteiger partial charge in [0.15, 0.2) is 0 Å². The number of aryl methyl sites for hydroxylation is 1. The second kappa shape index (κ2) is 8.87. The van der Waals surface area contributed by atoms with Gasteiger partial charge < -0.3 is 15.1 Å². The number of benzene rings is 1. The zero-order valence-corrected chi connectivity index (χ0v) is 16.9. The molecule has 0 unspecified atom stereocenters. The van der Waals surface area contributed by atoms with Crippen molar-refractivity contribution >= 4 is 11.8 Å². The van der Waals surface area contributed by atoms with Crippen LogP contribution in [0.15, 0.2) is 24.3 Å². The van der Waals surface area contributed by atoms with Crippen LogP contribution in [0.1, 0.15) is 49.8 Å². The molecule has 2 aliphatic rings. The average molecular weight is 372 g/mol. The molecule has 27 heavy (non-hydrogen) atoms. The highest BCUT2D eigenvalue weighted by Crippen LogP contribution is 2.37. The normalized spacial score (nSPS) is 24.9. The number of hydrogen-bond donors (Lipinski definition) is 1. The SMILES string of the molecule is CCN1C(=O)CC[C@@H](C(=O)NCC2CCN(C)CC2)[C@@H]1c1ccc(C)cc1. The lowest BCUT2D eigenvalue weighted by Crippen LogP contribution is -2.48. The van der Waals surface area contributed by atoms with Gasteiger partial charge in [-0.1, -0.05) is 29.8 Å². The molecule has 0 aromatic heterocycles. The molecule has 2 aliphatic heterocycles. The van der Waals surface area contributed by atoms with E-state index in [-0.39, 0.29) is 23.8 Å². The van der Waals surface area contributed by atoms with Crippen molar-refractivity contribution in [1.29, 1.82) is 0 Å². The van der Waals surface area contributed by atoms with Crippen LogP contribution in [0.5, 0.6) is 0 Å². The molecular formula is C22H33N3O2. The summed E-state index contributed by atoms with van der Waals surface area (Å²) in [6, 6.07) is 8.11. The molecule has 148 valence electrons. The summed E-state index contributed by atoms with van der Waals surface area (Å²) in [5.41, 5.74) is 2.25. The van der Waals surface area contributed by atoms with E-state index < -0.39 is 0 Å². The predicted molar refractivity (Wildman–Crippen MR) is 107 cm³/mol. The van der Waals surface area contributed by atoms with Gasteiger partial charge >= 0.3 is 0 Å². The Bertz CT molecular complexity index is 650. The van der Waals surface area contributed by atoms with E-state index >= 15 is 0 Å². The summed E-state index contributed by atoms with van der Waals surface area (Å²) in [4.78, 5) is 29.8. The van der Waals surface area contributed by atoms with Crippen molar-refractivity contribution in [3.63, 3.8) is 0 Å². The van der Waals surface area contributed by atoms with Crippen LogP contribution in [0.3, 0.4) is 0 Å². The third-order valence-corrected chi connectivity index (χ3v) is 6.21. The van der Waals surface area contributed by atoms with Crippen LogP contribution in [0.25, 0.3) is 0 Å². The highest BCUT2D eigenvalue weighted by Gasteiger charge is 2.39. The van der Waals surface area contributed by atoms with Crippen LogP contribution in [0, 0.1) is 18.8 Å². The van der Waals surface area contributed by atoms with Crippen LogP contribution in [-0.4, -0.2) is 54.8 Å². The summed E-state index contributed by atoms with van der Waals surface area (Å²) < 4.78 is 0. The van der Waals surface area contributed by atoms with E-state index in [0.717, 1.165) is 38.0 Å². The minimum atomic E-state index is -0.170. The zero-order valence-electron chi connectivity index (χ0n) is 16.9. The fourth-order valence-electron chi connectivity index (χ4n) is 4.42. The molecule has 0 saturated carbocycles. The molecular weight excluding hydrogens is 338 g/mol. The summed E-state index contributed by atoms with van der Waals surface area (Å²) in [5, 5.41) is 3.21. The number of piperidine rings is 2. The Kier molecular flexibility index (Phi) is 6.53. The topological polar surface area (TPSA) is 52.7 Å². The van der Waals surface area contributed by atoms with Crippen molar-refractivity contribution in [3.05, 3.63) is 35.4 Å². The van der Waals surface area contributed by atoms with E-state index in [9.17, 15) is 9.59 Å². The molecule has 3 rings (SSSR count). The Balaban J connectivity index is 1.71. The predicted octanol–water partition coefficient (Wildman–Crippen LogP) is 2.75. The van der Waals surface area contributed by atoms with E-state index in [2.05, 4.69) is 48.5 Å². The van der Waals surface area contributed by atoms with Crippen LogP contribution >= 0.6 is 0 Å². The van der Waals surface area contributed by atoms with Gasteiger partial charge in [0, 0.05) is 19.5 Å². The van der Waals surface area contributed by atoms with Gasteiger partial charge in [-0.2, -0.15) is 0 Å². The third-order valence-electron chi connectivity index (χ3n) is 6.21. The van der Waals surface area contributed by atoms with Crippen molar-refractivity contribution in [1.82, 2.24) is 15.1 Å². The van der Waals surface area contributed by atoms with Gasteiger partial charge in [-0.25, -0.2) is 0 Å². The summed E-state index contributed by atoms with van der Waals surface area (Å²) >= 11 is 0. The molecule has 2 atom stereocenters. The van der Waals surface area contributed by atoms with Crippen LogP contribution in [0.4, 0.5) is 0 Å². The molecule has 1 aromatic carbocycles. The first kappa shape index (κ1) is 19.9. The summed E-state index contributed by atoms with van der Waals surface area (Å²) in [6.07, 6.45) is 3.38. The van der Waals surface area contributed by atoms with E-state index in [0.29, 0.717) is 25.3 Å². The van der Waals surface area contributed by atoms with Crippen molar-refractivity contribution in [2.24, 2.45) is 11.8 Å². The number of carbonyl (C=O) groups is 2. The number of nitrogens with one attached hydrogen (secondary N) is 1. The minimum absolute atomic E-state index is 0.102. The van der Waals surface area contributed by atoms with Crippen molar-refractivity contribution in [3.8, 4) is 0 Å². The van der Waals surface area contributed by atoms with Gasteiger partial charge in [-0.15, -0.1) is 0 Å². The Morgan fingerprint density at radius 1 is 1.15 bits per heavy atom. The average Bonchev–Trinajstić information content (AvgIpc) is 2.67. The van der Waals surface area contributed by atoms with Crippen LogP contribution in [-0.2, 0) is 9.59 Å². The number of rotatable bonds is 5. The first-order chi connectivity index (χ1) is 13.0. The number of carbonyl (C=O) groups excluding carboxylic acids is 2. The highest BCUT2D eigenvalue weighted by molar-refractivity contribution is 5.85. The van der Waals surface area contributed by atoms with Gasteiger partial charge in [-0.3, -0.25) is 9.59 Å². The Morgan fingerprint density at radius 3 is 2.44 bits per heavy atom. The minimum Gasteiger partial charge on any atom is -0.356 e. The van der Waals surface area contributed by atoms with Gasteiger partial charge in [0.1, 0.15) is 0 Å². The summed E-state index contributed by atoms with van der Waals surface area (Å²) in [6.45, 7) is 7.65. The molecule has 0 bridgehead atoms. The van der Waals surface area contributed by atoms with E-state index in [4.69, 9.17) is 0 Å². The summed E-state index contributed by atoms with van der Waals surface area (Å²) in [7, 11) is 2.15. The highest BCUT2D eigenvalue weighted by atomic mass is 16.2. The van der Waals surface area contributed by atoms with Crippen LogP contribution < -0.4 is 5.32 Å². The third kappa shape index (κ3) is 4.70. The van der Waals surface area contributed by atoms with Crippen molar-refractivity contribution in [2.75, 3.05) is 33.2 Å². The standard InChI is InChI=1S/C22H33N3O2/c1-4-25-20(26)10-9-19(21(25)18-7-5-16(2)6-8-18)22(27)23-15-17-11-13-24(3)14-12-17/h5-8,17,19,21H,4,9-15H2,1-3H3,(H,23,27)/t19-,21+/m1/s1. The van der Waals surface area contributed by atoms with E-state index in [1.165, 1.54) is 5.56 Å². The number of nitrogens with zero attached hydrogens (tertiary/aromatic N) is 2. The molecule has 5 nitrogen and oxygen atoms in total. The number of amides is 2. The second-order valence-electron chi connectivity index (χ2n) is 8.17. The van der Waals surface area contributed by atoms with Gasteiger partial charge in [-0.05, 0) is 64.7 Å². The Hall–Kier alpha value is -1.88. The molecule has 2 amide bonds. The maximum atomic E-state index is 13.1. The Labute approximate surface area is 163 Å². The second-order valence-corrected chi connectivity index (χ2v) is 8.17. The quantitative estimate of drug-likeness (QED) is 0.866. The van der Waals surface area contributed by atoms with Crippen molar-refractivity contribution < 1.29 is 9.59 Å². The molecule has 2 saturated heterocycles. The van der Waals surface area contributed by atoms with Gasteiger partial charge in [0.25, 0.3) is 0 Å². The number of likely N-dealkylation sites (tertiary alicyclic amines) is 2. The van der Waals surface area contributed by atoms with Gasteiger partial charge in [0.2, 0.25) is 11.8 Å². The Morgan fingerprint density at radius 2 is 1.81 bits per heavy atom.